The fraction of sp³-hybridized carbons (Fsp3) is 0.200. The van der Waals surface area contributed by atoms with Crippen LogP contribution in [0.25, 0.3) is 0 Å². The molecule has 1 heterocycles. The van der Waals surface area contributed by atoms with Gasteiger partial charge in [-0.15, -0.1) is 11.8 Å². The van der Waals surface area contributed by atoms with Crippen molar-refractivity contribution in [1.82, 2.24) is 10.9 Å². The predicted octanol–water partition coefficient (Wildman–Crippen LogP) is 4.30. The van der Waals surface area contributed by atoms with Crippen molar-refractivity contribution in [2.75, 3.05) is 6.54 Å². The summed E-state index contributed by atoms with van der Waals surface area (Å²) < 4.78 is 0. The molecule has 2 nitrogen and oxygen atoms in total. The number of rotatable bonds is 3. The van der Waals surface area contributed by atoms with Gasteiger partial charge in [0.2, 0.25) is 0 Å². The van der Waals surface area contributed by atoms with E-state index in [1.807, 2.05) is 36.0 Å². The lowest BCUT2D eigenvalue weighted by Crippen LogP contribution is -2.25. The number of hydrogen-bond acceptors (Lipinski definition) is 3. The van der Waals surface area contributed by atoms with Gasteiger partial charge in [-0.05, 0) is 42.0 Å². The number of halogens is 2. The Morgan fingerprint density at radius 1 is 0.900 bits per heavy atom. The van der Waals surface area contributed by atoms with Gasteiger partial charge in [0.15, 0.2) is 0 Å². The zero-order valence-electron chi connectivity index (χ0n) is 10.6. The van der Waals surface area contributed by atoms with Gasteiger partial charge in [-0.25, -0.2) is 5.43 Å². The van der Waals surface area contributed by atoms with E-state index in [-0.39, 0.29) is 6.04 Å². The highest BCUT2D eigenvalue weighted by Gasteiger charge is 2.28. The zero-order chi connectivity index (χ0) is 13.9. The second-order valence-electron chi connectivity index (χ2n) is 4.66. The summed E-state index contributed by atoms with van der Waals surface area (Å²) in [5.74, 6) is 0. The second-order valence-corrected chi connectivity index (χ2v) is 6.85. The summed E-state index contributed by atoms with van der Waals surface area (Å²) in [6.45, 7) is 0.917. The van der Waals surface area contributed by atoms with E-state index >= 15 is 0 Å². The summed E-state index contributed by atoms with van der Waals surface area (Å²) in [7, 11) is 0. The number of hydrogen-bond donors (Lipinski definition) is 2. The summed E-state index contributed by atoms with van der Waals surface area (Å²) in [5.41, 5.74) is 7.81. The van der Waals surface area contributed by atoms with Crippen molar-refractivity contribution in [3.8, 4) is 0 Å². The third-order valence-electron chi connectivity index (χ3n) is 3.26. The SMILES string of the molecule is Clc1ccc(SC2CNNC2c2ccc(Cl)cc2)cc1. The van der Waals surface area contributed by atoms with E-state index in [1.165, 1.54) is 10.5 Å². The van der Waals surface area contributed by atoms with Crippen molar-refractivity contribution < 1.29 is 0 Å². The highest BCUT2D eigenvalue weighted by molar-refractivity contribution is 8.00. The molecule has 2 unspecified atom stereocenters. The topological polar surface area (TPSA) is 24.1 Å². The maximum absolute atomic E-state index is 5.95. The van der Waals surface area contributed by atoms with Crippen LogP contribution < -0.4 is 10.9 Å². The Morgan fingerprint density at radius 3 is 2.15 bits per heavy atom. The van der Waals surface area contributed by atoms with Crippen LogP contribution in [0.1, 0.15) is 11.6 Å². The van der Waals surface area contributed by atoms with Crippen molar-refractivity contribution in [2.24, 2.45) is 0 Å². The number of thioether (sulfide) groups is 1. The molecule has 2 atom stereocenters. The summed E-state index contributed by atoms with van der Waals surface area (Å²) in [6, 6.07) is 16.3. The first kappa shape index (κ1) is 14.2. The first-order valence-electron chi connectivity index (χ1n) is 6.38. The third kappa shape index (κ3) is 3.30. The van der Waals surface area contributed by atoms with E-state index in [1.54, 1.807) is 0 Å². The minimum atomic E-state index is 0.271. The zero-order valence-corrected chi connectivity index (χ0v) is 13.0. The van der Waals surface area contributed by atoms with E-state index in [9.17, 15) is 0 Å². The molecule has 0 amide bonds. The summed E-state index contributed by atoms with van der Waals surface area (Å²) in [5, 5.41) is 1.96. The lowest BCUT2D eigenvalue weighted by atomic mass is 10.1. The van der Waals surface area contributed by atoms with Crippen LogP contribution in [-0.2, 0) is 0 Å². The molecular weight excluding hydrogens is 311 g/mol. The quantitative estimate of drug-likeness (QED) is 0.880. The minimum absolute atomic E-state index is 0.271. The van der Waals surface area contributed by atoms with Gasteiger partial charge in [-0.2, -0.15) is 0 Å². The average molecular weight is 325 g/mol. The van der Waals surface area contributed by atoms with Crippen LogP contribution in [0.4, 0.5) is 0 Å². The Hall–Kier alpha value is -0.710. The molecule has 1 fully saturated rings. The molecular formula is C15H14Cl2N2S. The highest BCUT2D eigenvalue weighted by atomic mass is 35.5. The summed E-state index contributed by atoms with van der Waals surface area (Å²) in [4.78, 5) is 1.23. The number of hydrazine groups is 1. The Kier molecular flexibility index (Phi) is 4.54. The average Bonchev–Trinajstić information content (AvgIpc) is 2.90. The fourth-order valence-corrected chi connectivity index (χ4v) is 3.67. The lowest BCUT2D eigenvalue weighted by Gasteiger charge is -2.18. The van der Waals surface area contributed by atoms with Crippen LogP contribution >= 0.6 is 35.0 Å². The standard InChI is InChI=1S/C15H14Cl2N2S/c16-11-3-1-10(2-4-11)15-14(9-18-19-15)20-13-7-5-12(17)6-8-13/h1-8,14-15,18-19H,9H2. The fourth-order valence-electron chi connectivity index (χ4n) is 2.25. The van der Waals surface area contributed by atoms with Crippen molar-refractivity contribution in [1.29, 1.82) is 0 Å². The Balaban J connectivity index is 1.75. The molecule has 1 aliphatic rings. The molecule has 2 N–H and O–H groups in total. The second kappa shape index (κ2) is 6.37. The van der Waals surface area contributed by atoms with Crippen LogP contribution in [-0.4, -0.2) is 11.8 Å². The lowest BCUT2D eigenvalue weighted by molar-refractivity contribution is 0.584. The number of nitrogens with one attached hydrogen (secondary N) is 2. The van der Waals surface area contributed by atoms with Crippen LogP contribution in [0.2, 0.25) is 10.0 Å². The molecule has 20 heavy (non-hydrogen) atoms. The van der Waals surface area contributed by atoms with Crippen molar-refractivity contribution in [3.05, 3.63) is 64.1 Å². The molecule has 3 rings (SSSR count). The molecule has 0 radical (unpaired) electrons. The summed E-state index contributed by atoms with van der Waals surface area (Å²) >= 11 is 13.7. The van der Waals surface area contributed by atoms with Gasteiger partial charge < -0.3 is 0 Å². The molecule has 5 heteroatoms. The molecule has 1 aliphatic heterocycles. The largest absolute Gasteiger partial charge is 0.256 e. The Morgan fingerprint density at radius 2 is 1.50 bits per heavy atom. The van der Waals surface area contributed by atoms with Gasteiger partial charge >= 0.3 is 0 Å². The van der Waals surface area contributed by atoms with E-state index in [2.05, 4.69) is 35.1 Å². The monoisotopic (exact) mass is 324 g/mol. The number of benzene rings is 2. The van der Waals surface area contributed by atoms with Crippen molar-refractivity contribution >= 4 is 35.0 Å². The van der Waals surface area contributed by atoms with Crippen molar-refractivity contribution in [3.63, 3.8) is 0 Å². The first-order chi connectivity index (χ1) is 9.72. The van der Waals surface area contributed by atoms with Crippen LogP contribution in [0.3, 0.4) is 0 Å². The first-order valence-corrected chi connectivity index (χ1v) is 8.02. The smallest absolute Gasteiger partial charge is 0.0597 e. The normalized spacial score (nSPS) is 22.1. The molecule has 0 aromatic heterocycles. The van der Waals surface area contributed by atoms with Crippen LogP contribution in [0, 0.1) is 0 Å². The molecule has 2 aromatic rings. The van der Waals surface area contributed by atoms with Gasteiger partial charge in [0, 0.05) is 26.7 Å². The molecule has 1 saturated heterocycles. The van der Waals surface area contributed by atoms with Gasteiger partial charge in [0.1, 0.15) is 0 Å². The van der Waals surface area contributed by atoms with E-state index in [4.69, 9.17) is 23.2 Å². The third-order valence-corrected chi connectivity index (χ3v) is 5.05. The molecule has 0 aliphatic carbocycles. The van der Waals surface area contributed by atoms with Crippen molar-refractivity contribution in [2.45, 2.75) is 16.2 Å². The van der Waals surface area contributed by atoms with Gasteiger partial charge in [0.05, 0.1) is 6.04 Å². The maximum Gasteiger partial charge on any atom is 0.0597 e. The van der Waals surface area contributed by atoms with Gasteiger partial charge in [-0.3, -0.25) is 5.43 Å². The predicted molar refractivity (Wildman–Crippen MR) is 86.4 cm³/mol. The van der Waals surface area contributed by atoms with E-state index < -0.39 is 0 Å². The van der Waals surface area contributed by atoms with Gasteiger partial charge in [-0.1, -0.05) is 35.3 Å². The van der Waals surface area contributed by atoms with E-state index in [0.717, 1.165) is 16.6 Å². The Labute approximate surface area is 132 Å². The molecule has 0 bridgehead atoms. The van der Waals surface area contributed by atoms with Crippen LogP contribution in [0.5, 0.6) is 0 Å². The Bertz CT molecular complexity index is 571. The maximum atomic E-state index is 5.95. The minimum Gasteiger partial charge on any atom is -0.256 e. The van der Waals surface area contributed by atoms with E-state index in [0.29, 0.717) is 5.25 Å². The molecule has 0 spiro atoms. The van der Waals surface area contributed by atoms with Gasteiger partial charge in [0.25, 0.3) is 0 Å². The molecule has 0 saturated carbocycles. The van der Waals surface area contributed by atoms with Crippen LogP contribution in [0.15, 0.2) is 53.4 Å². The summed E-state index contributed by atoms with van der Waals surface area (Å²) in [6.07, 6.45) is 0. The molecule has 104 valence electrons. The highest BCUT2D eigenvalue weighted by Crippen LogP contribution is 2.34. The molecule has 2 aromatic carbocycles.